The quantitative estimate of drug-likeness (QED) is 0.810. The number of rotatable bonds is 4. The number of ether oxygens (including phenoxy) is 1. The standard InChI is InChI=1S/C18H21NO3/c1-11(2)19-16(8-7-15(13(4)20)18(19)21)14-6-9-17(22-5)12(3)10-14/h6-11H,1-5H3. The predicted molar refractivity (Wildman–Crippen MR) is 87.8 cm³/mol. The lowest BCUT2D eigenvalue weighted by molar-refractivity contribution is 0.101. The fourth-order valence-electron chi connectivity index (χ4n) is 2.61. The number of nitrogens with zero attached hydrogens (tertiary/aromatic N) is 1. The average Bonchev–Trinajstić information content (AvgIpc) is 2.45. The van der Waals surface area contributed by atoms with Gasteiger partial charge in [0.05, 0.1) is 18.4 Å². The number of benzene rings is 1. The molecule has 4 nitrogen and oxygen atoms in total. The molecule has 0 fully saturated rings. The Labute approximate surface area is 130 Å². The van der Waals surface area contributed by atoms with E-state index in [-0.39, 0.29) is 22.9 Å². The zero-order valence-electron chi connectivity index (χ0n) is 13.6. The number of ketones is 1. The van der Waals surface area contributed by atoms with E-state index in [1.54, 1.807) is 17.7 Å². The van der Waals surface area contributed by atoms with E-state index in [1.165, 1.54) is 6.92 Å². The van der Waals surface area contributed by atoms with Gasteiger partial charge in [-0.25, -0.2) is 0 Å². The Balaban J connectivity index is 2.70. The molecule has 116 valence electrons. The number of carbonyl (C=O) groups excluding carboxylic acids is 1. The summed E-state index contributed by atoms with van der Waals surface area (Å²) in [7, 11) is 1.63. The molecule has 2 rings (SSSR count). The second kappa shape index (κ2) is 6.18. The molecule has 0 aliphatic carbocycles. The molecule has 0 radical (unpaired) electrons. The van der Waals surface area contributed by atoms with Crippen molar-refractivity contribution in [3.8, 4) is 17.0 Å². The van der Waals surface area contributed by atoms with Crippen LogP contribution in [0.4, 0.5) is 0 Å². The van der Waals surface area contributed by atoms with Crippen molar-refractivity contribution >= 4 is 5.78 Å². The Kier molecular flexibility index (Phi) is 4.50. The van der Waals surface area contributed by atoms with E-state index < -0.39 is 0 Å². The van der Waals surface area contributed by atoms with Crippen LogP contribution < -0.4 is 10.3 Å². The van der Waals surface area contributed by atoms with E-state index in [1.807, 2.05) is 45.0 Å². The maximum absolute atomic E-state index is 12.6. The van der Waals surface area contributed by atoms with Crippen LogP contribution in [0.5, 0.6) is 5.75 Å². The summed E-state index contributed by atoms with van der Waals surface area (Å²) < 4.78 is 6.94. The molecule has 1 aromatic carbocycles. The first kappa shape index (κ1) is 16.0. The van der Waals surface area contributed by atoms with E-state index in [9.17, 15) is 9.59 Å². The van der Waals surface area contributed by atoms with Crippen molar-refractivity contribution in [1.82, 2.24) is 4.57 Å². The van der Waals surface area contributed by atoms with E-state index in [0.29, 0.717) is 0 Å². The number of hydrogen-bond donors (Lipinski definition) is 0. The van der Waals surface area contributed by atoms with Crippen molar-refractivity contribution in [3.05, 3.63) is 51.8 Å². The van der Waals surface area contributed by atoms with Gasteiger partial charge in [-0.05, 0) is 69.2 Å². The molecule has 0 spiro atoms. The van der Waals surface area contributed by atoms with Crippen LogP contribution in [-0.4, -0.2) is 17.5 Å². The summed E-state index contributed by atoms with van der Waals surface area (Å²) in [6.07, 6.45) is 0. The molecule has 0 bridgehead atoms. The number of methoxy groups -OCH3 is 1. The van der Waals surface area contributed by atoms with Crippen LogP contribution >= 0.6 is 0 Å². The van der Waals surface area contributed by atoms with Crippen LogP contribution in [0.3, 0.4) is 0 Å². The van der Waals surface area contributed by atoms with Crippen LogP contribution in [-0.2, 0) is 0 Å². The maximum Gasteiger partial charge on any atom is 0.262 e. The van der Waals surface area contributed by atoms with Gasteiger partial charge in [0, 0.05) is 6.04 Å². The Morgan fingerprint density at radius 1 is 1.18 bits per heavy atom. The molecule has 0 atom stereocenters. The van der Waals surface area contributed by atoms with Gasteiger partial charge in [0.1, 0.15) is 5.75 Å². The lowest BCUT2D eigenvalue weighted by Gasteiger charge is -2.18. The third kappa shape index (κ3) is 2.82. The van der Waals surface area contributed by atoms with Gasteiger partial charge in [0.25, 0.3) is 5.56 Å². The summed E-state index contributed by atoms with van der Waals surface area (Å²) in [5.41, 5.74) is 2.71. The Morgan fingerprint density at radius 3 is 2.36 bits per heavy atom. The van der Waals surface area contributed by atoms with Crippen molar-refractivity contribution in [2.24, 2.45) is 0 Å². The number of Topliss-reactive ketones (excluding diaryl/α,β-unsaturated/α-hetero) is 1. The van der Waals surface area contributed by atoms with Gasteiger partial charge < -0.3 is 9.30 Å². The largest absolute Gasteiger partial charge is 0.496 e. The van der Waals surface area contributed by atoms with Gasteiger partial charge in [0.15, 0.2) is 5.78 Å². The molecular formula is C18H21NO3. The molecule has 2 aromatic rings. The normalized spacial score (nSPS) is 10.8. The van der Waals surface area contributed by atoms with E-state index >= 15 is 0 Å². The fraction of sp³-hybridized carbons (Fsp3) is 0.333. The van der Waals surface area contributed by atoms with E-state index in [0.717, 1.165) is 22.6 Å². The first-order valence-electron chi connectivity index (χ1n) is 7.28. The van der Waals surface area contributed by atoms with Gasteiger partial charge in [-0.2, -0.15) is 0 Å². The second-order valence-electron chi connectivity index (χ2n) is 5.64. The topological polar surface area (TPSA) is 48.3 Å². The van der Waals surface area contributed by atoms with Gasteiger partial charge in [-0.3, -0.25) is 9.59 Å². The predicted octanol–water partition coefficient (Wildman–Crippen LogP) is 3.62. The van der Waals surface area contributed by atoms with Crippen LogP contribution in [0.2, 0.25) is 0 Å². The molecule has 0 amide bonds. The molecule has 0 unspecified atom stereocenters. The SMILES string of the molecule is COc1ccc(-c2ccc(C(C)=O)c(=O)n2C(C)C)cc1C. The van der Waals surface area contributed by atoms with Gasteiger partial charge in [-0.15, -0.1) is 0 Å². The van der Waals surface area contributed by atoms with Crippen molar-refractivity contribution in [1.29, 1.82) is 0 Å². The highest BCUT2D eigenvalue weighted by molar-refractivity contribution is 5.94. The zero-order valence-corrected chi connectivity index (χ0v) is 13.6. The second-order valence-corrected chi connectivity index (χ2v) is 5.64. The lowest BCUT2D eigenvalue weighted by atomic mass is 10.0. The minimum atomic E-state index is -0.242. The molecular weight excluding hydrogens is 278 g/mol. The molecule has 0 saturated heterocycles. The van der Waals surface area contributed by atoms with Gasteiger partial charge >= 0.3 is 0 Å². The monoisotopic (exact) mass is 299 g/mol. The molecule has 1 heterocycles. The minimum absolute atomic E-state index is 0.0378. The smallest absolute Gasteiger partial charge is 0.262 e. The highest BCUT2D eigenvalue weighted by atomic mass is 16.5. The van der Waals surface area contributed by atoms with Gasteiger partial charge in [0.2, 0.25) is 0 Å². The Hall–Kier alpha value is -2.36. The van der Waals surface area contributed by atoms with Crippen molar-refractivity contribution in [2.45, 2.75) is 33.7 Å². The van der Waals surface area contributed by atoms with E-state index in [2.05, 4.69) is 0 Å². The number of hydrogen-bond acceptors (Lipinski definition) is 3. The van der Waals surface area contributed by atoms with Crippen LogP contribution in [0.15, 0.2) is 35.1 Å². The maximum atomic E-state index is 12.6. The lowest BCUT2D eigenvalue weighted by Crippen LogP contribution is -2.28. The van der Waals surface area contributed by atoms with Crippen molar-refractivity contribution < 1.29 is 9.53 Å². The minimum Gasteiger partial charge on any atom is -0.496 e. The van der Waals surface area contributed by atoms with Crippen LogP contribution in [0, 0.1) is 6.92 Å². The number of pyridine rings is 1. The molecule has 22 heavy (non-hydrogen) atoms. The van der Waals surface area contributed by atoms with Gasteiger partial charge in [-0.1, -0.05) is 0 Å². The van der Waals surface area contributed by atoms with Crippen LogP contribution in [0.1, 0.15) is 42.7 Å². The Bertz CT molecular complexity index is 772. The van der Waals surface area contributed by atoms with Crippen molar-refractivity contribution in [3.63, 3.8) is 0 Å². The fourth-order valence-corrected chi connectivity index (χ4v) is 2.61. The number of carbonyl (C=O) groups is 1. The summed E-state index contributed by atoms with van der Waals surface area (Å²) in [6, 6.07) is 9.20. The zero-order chi connectivity index (χ0) is 16.4. The molecule has 0 aliphatic rings. The molecule has 1 aromatic heterocycles. The summed E-state index contributed by atoms with van der Waals surface area (Å²) >= 11 is 0. The third-order valence-electron chi connectivity index (χ3n) is 3.70. The highest BCUT2D eigenvalue weighted by Crippen LogP contribution is 2.27. The first-order valence-corrected chi connectivity index (χ1v) is 7.28. The van der Waals surface area contributed by atoms with E-state index in [4.69, 9.17) is 4.74 Å². The summed E-state index contributed by atoms with van der Waals surface area (Å²) in [4.78, 5) is 24.2. The molecule has 4 heteroatoms. The van der Waals surface area contributed by atoms with Crippen LogP contribution in [0.25, 0.3) is 11.3 Å². The average molecular weight is 299 g/mol. The van der Waals surface area contributed by atoms with Crippen molar-refractivity contribution in [2.75, 3.05) is 7.11 Å². The molecule has 0 saturated carbocycles. The number of aromatic nitrogens is 1. The number of aryl methyl sites for hydroxylation is 1. The third-order valence-corrected chi connectivity index (χ3v) is 3.70. The summed E-state index contributed by atoms with van der Waals surface area (Å²) in [5, 5.41) is 0. The molecule has 0 aliphatic heterocycles. The first-order chi connectivity index (χ1) is 10.4. The summed E-state index contributed by atoms with van der Waals surface area (Å²) in [6.45, 7) is 7.25. The Morgan fingerprint density at radius 2 is 1.86 bits per heavy atom. The highest BCUT2D eigenvalue weighted by Gasteiger charge is 2.15. The molecule has 0 N–H and O–H groups in total. The summed E-state index contributed by atoms with van der Waals surface area (Å²) in [5.74, 6) is 0.597.